The maximum atomic E-state index is 13.9. The van der Waals surface area contributed by atoms with E-state index in [1.807, 2.05) is 30.5 Å². The van der Waals surface area contributed by atoms with Gasteiger partial charge in [0.2, 0.25) is 0 Å². The highest BCUT2D eigenvalue weighted by molar-refractivity contribution is 7.98. The number of carbonyl (C=O) groups is 1. The van der Waals surface area contributed by atoms with Crippen LogP contribution in [0.1, 0.15) is 51.6 Å². The van der Waals surface area contributed by atoms with E-state index in [2.05, 4.69) is 5.16 Å². The summed E-state index contributed by atoms with van der Waals surface area (Å²) >= 11 is 1.64. The van der Waals surface area contributed by atoms with E-state index >= 15 is 0 Å². The standard InChI is InChI=1S/C21H18FNO2S/c1-26-19-5-3-2-4-14(19)10-15-11-16(22)8-9-17(15)20(24)18-12-23-25-21(18)13-6-7-13/h2-5,8-9,11-13H,6-7,10H2,1H3. The number of benzene rings is 2. The Morgan fingerprint density at radius 2 is 2.00 bits per heavy atom. The lowest BCUT2D eigenvalue weighted by atomic mass is 9.94. The molecule has 1 saturated carbocycles. The fourth-order valence-electron chi connectivity index (χ4n) is 3.19. The number of halogens is 1. The Kier molecular flexibility index (Phi) is 4.64. The van der Waals surface area contributed by atoms with E-state index in [1.165, 1.54) is 18.3 Å². The normalized spacial score (nSPS) is 13.8. The third-order valence-corrected chi connectivity index (χ3v) is 5.51. The van der Waals surface area contributed by atoms with Crippen LogP contribution in [0.15, 0.2) is 58.1 Å². The van der Waals surface area contributed by atoms with Gasteiger partial charge in [0.1, 0.15) is 5.82 Å². The third kappa shape index (κ3) is 3.31. The van der Waals surface area contributed by atoms with Crippen molar-refractivity contribution in [3.8, 4) is 0 Å². The average molecular weight is 367 g/mol. The van der Waals surface area contributed by atoms with Gasteiger partial charge in [-0.3, -0.25) is 4.79 Å². The summed E-state index contributed by atoms with van der Waals surface area (Å²) in [5.74, 6) is 0.461. The topological polar surface area (TPSA) is 43.1 Å². The van der Waals surface area contributed by atoms with Gasteiger partial charge in [-0.1, -0.05) is 23.4 Å². The fourth-order valence-corrected chi connectivity index (χ4v) is 3.81. The predicted molar refractivity (Wildman–Crippen MR) is 99.3 cm³/mol. The van der Waals surface area contributed by atoms with Crippen LogP contribution in [0.5, 0.6) is 0 Å². The predicted octanol–water partition coefficient (Wildman–Crippen LogP) is 5.23. The van der Waals surface area contributed by atoms with E-state index in [0.29, 0.717) is 28.9 Å². The van der Waals surface area contributed by atoms with Gasteiger partial charge in [-0.05, 0) is 60.9 Å². The van der Waals surface area contributed by atoms with Crippen molar-refractivity contribution in [2.45, 2.75) is 30.1 Å². The Bertz CT molecular complexity index is 962. The SMILES string of the molecule is CSc1ccccc1Cc1cc(F)ccc1C(=O)c1cnoc1C1CC1. The zero-order valence-corrected chi connectivity index (χ0v) is 15.2. The van der Waals surface area contributed by atoms with E-state index in [0.717, 1.165) is 23.3 Å². The molecule has 0 bridgehead atoms. The van der Waals surface area contributed by atoms with Crippen molar-refractivity contribution in [2.75, 3.05) is 6.26 Å². The van der Waals surface area contributed by atoms with Gasteiger partial charge < -0.3 is 4.52 Å². The molecule has 0 aliphatic heterocycles. The molecule has 0 radical (unpaired) electrons. The van der Waals surface area contributed by atoms with Crippen LogP contribution >= 0.6 is 11.8 Å². The Morgan fingerprint density at radius 1 is 1.19 bits per heavy atom. The second-order valence-corrected chi connectivity index (χ2v) is 7.35. The van der Waals surface area contributed by atoms with Crippen molar-refractivity contribution in [1.82, 2.24) is 5.16 Å². The van der Waals surface area contributed by atoms with Crippen LogP contribution in [0, 0.1) is 5.82 Å². The van der Waals surface area contributed by atoms with Gasteiger partial charge in [0.05, 0.1) is 11.8 Å². The van der Waals surface area contributed by atoms with Crippen LogP contribution in [0.4, 0.5) is 4.39 Å². The lowest BCUT2D eigenvalue weighted by molar-refractivity contribution is 0.103. The molecular weight excluding hydrogens is 349 g/mol. The maximum absolute atomic E-state index is 13.9. The van der Waals surface area contributed by atoms with Gasteiger partial charge in [-0.2, -0.15) is 0 Å². The minimum atomic E-state index is -0.342. The van der Waals surface area contributed by atoms with Crippen LogP contribution < -0.4 is 0 Å². The first kappa shape index (κ1) is 17.0. The number of rotatable bonds is 6. The maximum Gasteiger partial charge on any atom is 0.198 e. The molecule has 5 heteroatoms. The number of thioether (sulfide) groups is 1. The van der Waals surface area contributed by atoms with E-state index in [4.69, 9.17) is 4.52 Å². The molecule has 0 unspecified atom stereocenters. The van der Waals surface area contributed by atoms with Gasteiger partial charge in [0, 0.05) is 16.4 Å². The minimum Gasteiger partial charge on any atom is -0.360 e. The smallest absolute Gasteiger partial charge is 0.198 e. The zero-order valence-electron chi connectivity index (χ0n) is 14.4. The molecule has 1 aliphatic carbocycles. The van der Waals surface area contributed by atoms with Gasteiger partial charge in [-0.15, -0.1) is 11.8 Å². The molecule has 1 fully saturated rings. The summed E-state index contributed by atoms with van der Waals surface area (Å²) in [4.78, 5) is 14.2. The number of nitrogens with zero attached hydrogens (tertiary/aromatic N) is 1. The van der Waals surface area contributed by atoms with Crippen molar-refractivity contribution in [3.63, 3.8) is 0 Å². The van der Waals surface area contributed by atoms with Crippen molar-refractivity contribution in [2.24, 2.45) is 0 Å². The molecule has 0 atom stereocenters. The molecule has 2 aromatic carbocycles. The first-order chi connectivity index (χ1) is 12.7. The minimum absolute atomic E-state index is 0.148. The lowest BCUT2D eigenvalue weighted by Crippen LogP contribution is -2.08. The molecule has 0 spiro atoms. The quantitative estimate of drug-likeness (QED) is 0.442. The lowest BCUT2D eigenvalue weighted by Gasteiger charge is -2.11. The first-order valence-corrected chi connectivity index (χ1v) is 9.79. The molecule has 1 heterocycles. The van der Waals surface area contributed by atoms with Crippen molar-refractivity contribution < 1.29 is 13.7 Å². The molecule has 3 aromatic rings. The van der Waals surface area contributed by atoms with E-state index in [1.54, 1.807) is 17.8 Å². The molecule has 1 aliphatic rings. The molecule has 1 aromatic heterocycles. The van der Waals surface area contributed by atoms with Crippen LogP contribution in [0.25, 0.3) is 0 Å². The van der Waals surface area contributed by atoms with Gasteiger partial charge in [-0.25, -0.2) is 4.39 Å². The fraction of sp³-hybridized carbons (Fsp3) is 0.238. The van der Waals surface area contributed by atoms with Crippen LogP contribution in [-0.4, -0.2) is 17.2 Å². The summed E-state index contributed by atoms with van der Waals surface area (Å²) in [7, 11) is 0. The van der Waals surface area contributed by atoms with E-state index in [9.17, 15) is 9.18 Å². The second kappa shape index (κ2) is 7.08. The summed E-state index contributed by atoms with van der Waals surface area (Å²) in [6.45, 7) is 0. The molecule has 0 N–H and O–H groups in total. The average Bonchev–Trinajstić information content (AvgIpc) is 3.38. The highest BCUT2D eigenvalue weighted by Crippen LogP contribution is 2.42. The number of aromatic nitrogens is 1. The number of hydrogen-bond acceptors (Lipinski definition) is 4. The number of ketones is 1. The van der Waals surface area contributed by atoms with Crippen LogP contribution in [-0.2, 0) is 6.42 Å². The highest BCUT2D eigenvalue weighted by atomic mass is 32.2. The molecule has 3 nitrogen and oxygen atoms in total. The van der Waals surface area contributed by atoms with Crippen LogP contribution in [0.3, 0.4) is 0 Å². The highest BCUT2D eigenvalue weighted by Gasteiger charge is 2.33. The second-order valence-electron chi connectivity index (χ2n) is 6.50. The molecule has 0 saturated heterocycles. The van der Waals surface area contributed by atoms with Crippen LogP contribution in [0.2, 0.25) is 0 Å². The summed E-state index contributed by atoms with van der Waals surface area (Å²) in [6.07, 6.45) is 6.04. The number of carbonyl (C=O) groups excluding carboxylic acids is 1. The van der Waals surface area contributed by atoms with Crippen molar-refractivity contribution in [3.05, 3.63) is 82.5 Å². The van der Waals surface area contributed by atoms with Gasteiger partial charge in [0.25, 0.3) is 0 Å². The molecule has 0 amide bonds. The zero-order chi connectivity index (χ0) is 18.1. The van der Waals surface area contributed by atoms with Crippen molar-refractivity contribution >= 4 is 17.5 Å². The summed E-state index contributed by atoms with van der Waals surface area (Å²) in [5, 5.41) is 3.82. The molecule has 26 heavy (non-hydrogen) atoms. The largest absolute Gasteiger partial charge is 0.360 e. The summed E-state index contributed by atoms with van der Waals surface area (Å²) in [6, 6.07) is 12.3. The van der Waals surface area contributed by atoms with Gasteiger partial charge >= 0.3 is 0 Å². The number of hydrogen-bond donors (Lipinski definition) is 0. The molecule has 4 rings (SSSR count). The van der Waals surface area contributed by atoms with E-state index in [-0.39, 0.29) is 17.5 Å². The Morgan fingerprint density at radius 3 is 2.77 bits per heavy atom. The van der Waals surface area contributed by atoms with Crippen molar-refractivity contribution in [1.29, 1.82) is 0 Å². The Labute approximate surface area is 155 Å². The van der Waals surface area contributed by atoms with E-state index < -0.39 is 0 Å². The first-order valence-electron chi connectivity index (χ1n) is 8.57. The monoisotopic (exact) mass is 367 g/mol. The summed E-state index contributed by atoms with van der Waals surface area (Å²) in [5.41, 5.74) is 2.76. The molecule has 132 valence electrons. The van der Waals surface area contributed by atoms with Gasteiger partial charge in [0.15, 0.2) is 11.5 Å². The Hall–Kier alpha value is -2.40. The Balaban J connectivity index is 1.73. The third-order valence-electron chi connectivity index (χ3n) is 4.68. The molecular formula is C21H18FNO2S. The summed E-state index contributed by atoms with van der Waals surface area (Å²) < 4.78 is 19.2.